The van der Waals surface area contributed by atoms with Gasteiger partial charge in [0.25, 0.3) is 0 Å². The van der Waals surface area contributed by atoms with Crippen LogP contribution in [0, 0.1) is 0 Å². The Bertz CT molecular complexity index is 339. The lowest BCUT2D eigenvalue weighted by molar-refractivity contribution is 0.244. The Labute approximate surface area is 104 Å². The smallest absolute Gasteiger partial charge is 0.0885 e. The van der Waals surface area contributed by atoms with Gasteiger partial charge in [-0.05, 0) is 33.7 Å². The maximum absolute atomic E-state index is 5.04. The fraction of sp³-hybridized carbons (Fsp3) is 0.615. The molecule has 0 aliphatic carbocycles. The van der Waals surface area contributed by atoms with E-state index < -0.39 is 0 Å². The molecule has 1 aromatic heterocycles. The molecule has 0 aliphatic heterocycles. The molecule has 0 saturated heterocycles. The first-order valence-electron chi connectivity index (χ1n) is 6.01. The maximum Gasteiger partial charge on any atom is 0.0885 e. The van der Waals surface area contributed by atoms with Gasteiger partial charge in [0.1, 0.15) is 0 Å². The van der Waals surface area contributed by atoms with Crippen molar-refractivity contribution in [3.05, 3.63) is 30.8 Å². The summed E-state index contributed by atoms with van der Waals surface area (Å²) >= 11 is 0. The van der Waals surface area contributed by atoms with E-state index in [4.69, 9.17) is 4.74 Å². The van der Waals surface area contributed by atoms with Gasteiger partial charge in [0.05, 0.1) is 24.6 Å². The zero-order chi connectivity index (χ0) is 12.7. The fourth-order valence-corrected chi connectivity index (χ4v) is 1.41. The predicted molar refractivity (Wildman–Crippen MR) is 69.7 cm³/mol. The molecule has 1 rings (SSSR count). The first-order chi connectivity index (χ1) is 8.04. The highest BCUT2D eigenvalue weighted by Gasteiger charge is 2.13. The van der Waals surface area contributed by atoms with Gasteiger partial charge in [0, 0.05) is 18.3 Å². The molecule has 4 heteroatoms. The number of rotatable bonds is 7. The molecular weight excluding hydrogens is 214 g/mol. The molecule has 0 fully saturated rings. The topological polar surface area (TPSA) is 39.1 Å². The molecule has 4 nitrogen and oxygen atoms in total. The highest BCUT2D eigenvalue weighted by Crippen LogP contribution is 2.12. The highest BCUT2D eigenvalue weighted by molar-refractivity contribution is 5.04. The van der Waals surface area contributed by atoms with Gasteiger partial charge in [-0.1, -0.05) is 6.58 Å². The Kier molecular flexibility index (Phi) is 5.22. The van der Waals surface area contributed by atoms with Gasteiger partial charge in [0.2, 0.25) is 0 Å². The Morgan fingerprint density at radius 3 is 2.88 bits per heavy atom. The zero-order valence-electron chi connectivity index (χ0n) is 11.1. The van der Waals surface area contributed by atoms with Crippen molar-refractivity contribution < 1.29 is 4.74 Å². The number of nitrogens with zero attached hydrogens (tertiary/aromatic N) is 2. The third-order valence-corrected chi connectivity index (χ3v) is 2.39. The van der Waals surface area contributed by atoms with Crippen LogP contribution in [0.25, 0.3) is 0 Å². The summed E-state index contributed by atoms with van der Waals surface area (Å²) in [6.45, 7) is 12.4. The van der Waals surface area contributed by atoms with Crippen LogP contribution in [0.5, 0.6) is 0 Å². The second kappa shape index (κ2) is 6.45. The van der Waals surface area contributed by atoms with Gasteiger partial charge in [-0.15, -0.1) is 0 Å². The third kappa shape index (κ3) is 5.04. The van der Waals surface area contributed by atoms with Crippen molar-refractivity contribution in [3.63, 3.8) is 0 Å². The van der Waals surface area contributed by atoms with Gasteiger partial charge < -0.3 is 10.1 Å². The van der Waals surface area contributed by atoms with Crippen LogP contribution in [-0.2, 0) is 16.8 Å². The number of ether oxygens (including phenoxy) is 1. The Hall–Kier alpha value is -1.29. The minimum Gasteiger partial charge on any atom is -0.502 e. The number of aromatic nitrogens is 2. The van der Waals surface area contributed by atoms with Crippen LogP contribution >= 0.6 is 0 Å². The molecule has 1 heterocycles. The molecule has 0 atom stereocenters. The van der Waals surface area contributed by atoms with Crippen LogP contribution in [-0.4, -0.2) is 22.9 Å². The van der Waals surface area contributed by atoms with E-state index in [1.807, 2.05) is 10.9 Å². The SMILES string of the molecule is C=COCCCNCc1cnn(C(C)(C)C)c1. The Morgan fingerprint density at radius 2 is 2.29 bits per heavy atom. The number of hydrogen-bond donors (Lipinski definition) is 1. The number of nitrogens with one attached hydrogen (secondary N) is 1. The average Bonchev–Trinajstić information content (AvgIpc) is 2.71. The normalized spacial score (nSPS) is 11.5. The minimum atomic E-state index is 0.0516. The summed E-state index contributed by atoms with van der Waals surface area (Å²) in [7, 11) is 0. The van der Waals surface area contributed by atoms with E-state index in [0.29, 0.717) is 0 Å². The molecule has 0 spiro atoms. The summed E-state index contributed by atoms with van der Waals surface area (Å²) in [5.74, 6) is 0. The summed E-state index contributed by atoms with van der Waals surface area (Å²) in [4.78, 5) is 0. The molecular formula is C13H23N3O. The molecule has 1 N–H and O–H groups in total. The molecule has 1 aromatic rings. The summed E-state index contributed by atoms with van der Waals surface area (Å²) in [6, 6.07) is 0. The fourth-order valence-electron chi connectivity index (χ4n) is 1.41. The van der Waals surface area contributed by atoms with Crippen LogP contribution in [0.4, 0.5) is 0 Å². The van der Waals surface area contributed by atoms with E-state index in [1.54, 1.807) is 0 Å². The van der Waals surface area contributed by atoms with Gasteiger partial charge in [-0.2, -0.15) is 5.10 Å². The Balaban J connectivity index is 2.24. The van der Waals surface area contributed by atoms with Crippen molar-refractivity contribution in [2.75, 3.05) is 13.2 Å². The van der Waals surface area contributed by atoms with Gasteiger partial charge in [-0.25, -0.2) is 0 Å². The summed E-state index contributed by atoms with van der Waals surface area (Å²) in [5.41, 5.74) is 1.26. The van der Waals surface area contributed by atoms with Crippen LogP contribution in [0.2, 0.25) is 0 Å². The molecule has 96 valence electrons. The zero-order valence-corrected chi connectivity index (χ0v) is 11.1. The van der Waals surface area contributed by atoms with Crippen LogP contribution < -0.4 is 5.32 Å². The highest BCUT2D eigenvalue weighted by atomic mass is 16.5. The quantitative estimate of drug-likeness (QED) is 0.584. The molecule has 0 aliphatic rings. The van der Waals surface area contributed by atoms with Crippen LogP contribution in [0.3, 0.4) is 0 Å². The average molecular weight is 237 g/mol. The molecule has 0 radical (unpaired) electrons. The second-order valence-corrected chi connectivity index (χ2v) is 5.03. The molecule has 0 saturated carbocycles. The summed E-state index contributed by atoms with van der Waals surface area (Å²) < 4.78 is 7.03. The standard InChI is InChI=1S/C13H23N3O/c1-5-17-8-6-7-14-9-12-10-15-16(11-12)13(2,3)4/h5,10-11,14H,1,6-9H2,2-4H3. The first kappa shape index (κ1) is 13.8. The van der Waals surface area contributed by atoms with E-state index in [-0.39, 0.29) is 5.54 Å². The Morgan fingerprint density at radius 1 is 1.53 bits per heavy atom. The molecule has 0 unspecified atom stereocenters. The largest absolute Gasteiger partial charge is 0.502 e. The summed E-state index contributed by atoms with van der Waals surface area (Å²) in [5, 5.41) is 7.71. The molecule has 0 bridgehead atoms. The molecule has 0 aromatic carbocycles. The van der Waals surface area contributed by atoms with Gasteiger partial charge >= 0.3 is 0 Å². The minimum absolute atomic E-state index is 0.0516. The van der Waals surface area contributed by atoms with Crippen molar-refractivity contribution >= 4 is 0 Å². The molecule has 17 heavy (non-hydrogen) atoms. The van der Waals surface area contributed by atoms with E-state index >= 15 is 0 Å². The van der Waals surface area contributed by atoms with E-state index in [0.717, 1.165) is 26.1 Å². The molecule has 0 amide bonds. The van der Waals surface area contributed by atoms with E-state index in [2.05, 4.69) is 44.0 Å². The van der Waals surface area contributed by atoms with Gasteiger partial charge in [0.15, 0.2) is 0 Å². The maximum atomic E-state index is 5.04. The second-order valence-electron chi connectivity index (χ2n) is 5.03. The third-order valence-electron chi connectivity index (χ3n) is 2.39. The van der Waals surface area contributed by atoms with Gasteiger partial charge in [-0.3, -0.25) is 4.68 Å². The van der Waals surface area contributed by atoms with Crippen molar-refractivity contribution in [3.8, 4) is 0 Å². The first-order valence-corrected chi connectivity index (χ1v) is 6.01. The summed E-state index contributed by atoms with van der Waals surface area (Å²) in [6.07, 6.45) is 6.47. The van der Waals surface area contributed by atoms with Crippen molar-refractivity contribution in [2.45, 2.75) is 39.3 Å². The van der Waals surface area contributed by atoms with Crippen molar-refractivity contribution in [2.24, 2.45) is 0 Å². The van der Waals surface area contributed by atoms with Crippen LogP contribution in [0.15, 0.2) is 25.2 Å². The lowest BCUT2D eigenvalue weighted by Gasteiger charge is -2.18. The van der Waals surface area contributed by atoms with Crippen LogP contribution in [0.1, 0.15) is 32.8 Å². The monoisotopic (exact) mass is 237 g/mol. The lowest BCUT2D eigenvalue weighted by atomic mass is 10.1. The number of hydrogen-bond acceptors (Lipinski definition) is 3. The van der Waals surface area contributed by atoms with E-state index in [1.165, 1.54) is 11.8 Å². The van der Waals surface area contributed by atoms with Crippen molar-refractivity contribution in [1.82, 2.24) is 15.1 Å². The van der Waals surface area contributed by atoms with Crippen molar-refractivity contribution in [1.29, 1.82) is 0 Å². The predicted octanol–water partition coefficient (Wildman–Crippen LogP) is 2.28. The van der Waals surface area contributed by atoms with E-state index in [9.17, 15) is 0 Å². The lowest BCUT2D eigenvalue weighted by Crippen LogP contribution is -2.22.